The van der Waals surface area contributed by atoms with Crippen LogP contribution < -0.4 is 10.2 Å². The maximum absolute atomic E-state index is 11.3. The summed E-state index contributed by atoms with van der Waals surface area (Å²) in [7, 11) is 0. The molecule has 0 radical (unpaired) electrons. The smallest absolute Gasteiger partial charge is 0.221 e. The first-order chi connectivity index (χ1) is 9.75. The molecule has 1 saturated heterocycles. The largest absolute Gasteiger partial charge is 0.371 e. The highest BCUT2D eigenvalue weighted by atomic mass is 16.1. The second kappa shape index (κ2) is 5.49. The molecule has 1 aliphatic rings. The van der Waals surface area contributed by atoms with Gasteiger partial charge in [0.1, 0.15) is 0 Å². The normalized spacial score (nSPS) is 15.3. The van der Waals surface area contributed by atoms with E-state index < -0.39 is 0 Å². The third-order valence-electron chi connectivity index (χ3n) is 3.80. The summed E-state index contributed by atoms with van der Waals surface area (Å²) in [5.41, 5.74) is 2.08. The molecular weight excluding hydrogens is 250 g/mol. The van der Waals surface area contributed by atoms with Crippen molar-refractivity contribution < 1.29 is 4.79 Å². The minimum absolute atomic E-state index is 0.0547. The lowest BCUT2D eigenvalue weighted by Gasteiger charge is -2.30. The second-order valence-electron chi connectivity index (χ2n) is 5.28. The van der Waals surface area contributed by atoms with Gasteiger partial charge < -0.3 is 10.2 Å². The number of amides is 1. The molecular formula is C16H19N3O. The molecule has 0 bridgehead atoms. The van der Waals surface area contributed by atoms with Gasteiger partial charge in [0, 0.05) is 48.9 Å². The van der Waals surface area contributed by atoms with Crippen molar-refractivity contribution in [3.8, 4) is 0 Å². The predicted octanol–water partition coefficient (Wildman–Crippen LogP) is 3.18. The number of carbonyl (C=O) groups is 1. The monoisotopic (exact) mass is 269 g/mol. The molecule has 0 spiro atoms. The average molecular weight is 269 g/mol. The molecule has 1 fully saturated rings. The number of nitrogens with one attached hydrogen (secondary N) is 1. The van der Waals surface area contributed by atoms with Crippen LogP contribution in [-0.4, -0.2) is 24.0 Å². The summed E-state index contributed by atoms with van der Waals surface area (Å²) < 4.78 is 0. The Morgan fingerprint density at radius 1 is 1.15 bits per heavy atom. The summed E-state index contributed by atoms with van der Waals surface area (Å²) in [5.74, 6) is -0.0547. The van der Waals surface area contributed by atoms with Crippen LogP contribution in [0.2, 0.25) is 0 Å². The van der Waals surface area contributed by atoms with Crippen molar-refractivity contribution in [1.29, 1.82) is 0 Å². The molecule has 104 valence electrons. The lowest BCUT2D eigenvalue weighted by atomic mass is 10.1. The van der Waals surface area contributed by atoms with Gasteiger partial charge >= 0.3 is 0 Å². The molecule has 1 aromatic heterocycles. The van der Waals surface area contributed by atoms with E-state index in [0.29, 0.717) is 0 Å². The molecule has 0 aliphatic carbocycles. The van der Waals surface area contributed by atoms with E-state index in [1.54, 1.807) is 0 Å². The second-order valence-corrected chi connectivity index (χ2v) is 5.28. The molecule has 20 heavy (non-hydrogen) atoms. The van der Waals surface area contributed by atoms with Crippen LogP contribution in [0.1, 0.15) is 26.2 Å². The van der Waals surface area contributed by atoms with Crippen LogP contribution in [0.4, 0.5) is 11.4 Å². The van der Waals surface area contributed by atoms with E-state index in [2.05, 4.69) is 21.3 Å². The van der Waals surface area contributed by atoms with Crippen molar-refractivity contribution >= 4 is 28.1 Å². The number of aromatic nitrogens is 1. The standard InChI is InChI=1S/C16H19N3O/c1-12(20)18-15-5-6-16(19-9-3-2-4-10-19)13-7-8-17-11-14(13)15/h5-8,11H,2-4,9-10H2,1H3,(H,18,20). The maximum atomic E-state index is 11.3. The number of anilines is 2. The number of pyridine rings is 1. The highest BCUT2D eigenvalue weighted by Crippen LogP contribution is 2.33. The van der Waals surface area contributed by atoms with Gasteiger partial charge in [-0.3, -0.25) is 9.78 Å². The van der Waals surface area contributed by atoms with E-state index in [9.17, 15) is 4.79 Å². The van der Waals surface area contributed by atoms with Crippen molar-refractivity contribution in [3.05, 3.63) is 30.6 Å². The van der Waals surface area contributed by atoms with Gasteiger partial charge in [-0.25, -0.2) is 0 Å². The van der Waals surface area contributed by atoms with Gasteiger partial charge in [0.2, 0.25) is 5.91 Å². The van der Waals surface area contributed by atoms with Crippen LogP contribution in [0.15, 0.2) is 30.6 Å². The number of rotatable bonds is 2. The highest BCUT2D eigenvalue weighted by Gasteiger charge is 2.15. The molecule has 0 unspecified atom stereocenters. The third kappa shape index (κ3) is 2.46. The van der Waals surface area contributed by atoms with E-state index in [-0.39, 0.29) is 5.91 Å². The minimum Gasteiger partial charge on any atom is -0.371 e. The number of benzene rings is 1. The Bertz CT molecular complexity index is 633. The van der Waals surface area contributed by atoms with Gasteiger partial charge in [-0.1, -0.05) is 0 Å². The zero-order chi connectivity index (χ0) is 13.9. The predicted molar refractivity (Wildman–Crippen MR) is 82.1 cm³/mol. The molecule has 1 amide bonds. The van der Waals surface area contributed by atoms with Crippen LogP contribution in [0.3, 0.4) is 0 Å². The van der Waals surface area contributed by atoms with Gasteiger partial charge in [-0.15, -0.1) is 0 Å². The zero-order valence-corrected chi connectivity index (χ0v) is 11.7. The van der Waals surface area contributed by atoms with E-state index in [4.69, 9.17) is 0 Å². The van der Waals surface area contributed by atoms with E-state index >= 15 is 0 Å². The fraction of sp³-hybridized carbons (Fsp3) is 0.375. The average Bonchev–Trinajstić information content (AvgIpc) is 2.48. The van der Waals surface area contributed by atoms with Gasteiger partial charge in [-0.2, -0.15) is 0 Å². The molecule has 2 aromatic rings. The summed E-state index contributed by atoms with van der Waals surface area (Å²) in [5, 5.41) is 5.05. The SMILES string of the molecule is CC(=O)Nc1ccc(N2CCCCC2)c2ccncc12. The Morgan fingerprint density at radius 2 is 1.95 bits per heavy atom. The summed E-state index contributed by atoms with van der Waals surface area (Å²) in [6.07, 6.45) is 7.46. The van der Waals surface area contributed by atoms with Crippen LogP contribution in [0, 0.1) is 0 Å². The molecule has 3 rings (SSSR count). The van der Waals surface area contributed by atoms with Crippen molar-refractivity contribution in [1.82, 2.24) is 4.98 Å². The molecule has 1 N–H and O–H groups in total. The van der Waals surface area contributed by atoms with E-state index in [0.717, 1.165) is 29.5 Å². The van der Waals surface area contributed by atoms with E-state index in [1.165, 1.54) is 31.9 Å². The lowest BCUT2D eigenvalue weighted by molar-refractivity contribution is -0.114. The van der Waals surface area contributed by atoms with Gasteiger partial charge in [-0.05, 0) is 37.5 Å². The van der Waals surface area contributed by atoms with Crippen LogP contribution in [0.25, 0.3) is 10.8 Å². The molecule has 1 aliphatic heterocycles. The Kier molecular flexibility index (Phi) is 3.54. The summed E-state index contributed by atoms with van der Waals surface area (Å²) in [4.78, 5) is 17.9. The third-order valence-corrected chi connectivity index (χ3v) is 3.80. The summed E-state index contributed by atoms with van der Waals surface area (Å²) >= 11 is 0. The van der Waals surface area contributed by atoms with Crippen LogP contribution in [-0.2, 0) is 4.79 Å². The first-order valence-corrected chi connectivity index (χ1v) is 7.15. The van der Waals surface area contributed by atoms with Gasteiger partial charge in [0.05, 0.1) is 5.69 Å². The zero-order valence-electron chi connectivity index (χ0n) is 11.7. The van der Waals surface area contributed by atoms with Crippen LogP contribution in [0.5, 0.6) is 0 Å². The Morgan fingerprint density at radius 3 is 2.70 bits per heavy atom. The Hall–Kier alpha value is -2.10. The molecule has 1 aromatic carbocycles. The topological polar surface area (TPSA) is 45.2 Å². The minimum atomic E-state index is -0.0547. The molecule has 2 heterocycles. The van der Waals surface area contributed by atoms with Crippen molar-refractivity contribution in [2.75, 3.05) is 23.3 Å². The van der Waals surface area contributed by atoms with Gasteiger partial charge in [0.25, 0.3) is 0 Å². The fourth-order valence-corrected chi connectivity index (χ4v) is 2.88. The Balaban J connectivity index is 2.08. The van der Waals surface area contributed by atoms with Gasteiger partial charge in [0.15, 0.2) is 0 Å². The molecule has 0 saturated carbocycles. The van der Waals surface area contributed by atoms with Crippen molar-refractivity contribution in [2.24, 2.45) is 0 Å². The number of hydrogen-bond donors (Lipinski definition) is 1. The van der Waals surface area contributed by atoms with E-state index in [1.807, 2.05) is 24.5 Å². The number of nitrogens with zero attached hydrogens (tertiary/aromatic N) is 2. The maximum Gasteiger partial charge on any atom is 0.221 e. The first kappa shape index (κ1) is 12.9. The highest BCUT2D eigenvalue weighted by molar-refractivity contribution is 6.06. The molecule has 4 nitrogen and oxygen atoms in total. The van der Waals surface area contributed by atoms with Crippen LogP contribution >= 0.6 is 0 Å². The molecule has 0 atom stereocenters. The number of piperidine rings is 1. The number of fused-ring (bicyclic) bond motifs is 1. The summed E-state index contributed by atoms with van der Waals surface area (Å²) in [6.45, 7) is 3.74. The molecule has 4 heteroatoms. The van der Waals surface area contributed by atoms with Crippen molar-refractivity contribution in [2.45, 2.75) is 26.2 Å². The number of hydrogen-bond acceptors (Lipinski definition) is 3. The summed E-state index contributed by atoms with van der Waals surface area (Å²) in [6, 6.07) is 6.12. The first-order valence-electron chi connectivity index (χ1n) is 7.15. The fourth-order valence-electron chi connectivity index (χ4n) is 2.88. The Labute approximate surface area is 118 Å². The number of carbonyl (C=O) groups excluding carboxylic acids is 1. The quantitative estimate of drug-likeness (QED) is 0.910. The lowest BCUT2D eigenvalue weighted by Crippen LogP contribution is -2.29. The van der Waals surface area contributed by atoms with Crippen molar-refractivity contribution in [3.63, 3.8) is 0 Å².